The van der Waals surface area contributed by atoms with Crippen molar-refractivity contribution in [2.45, 2.75) is 18.5 Å². The summed E-state index contributed by atoms with van der Waals surface area (Å²) < 4.78 is 39.3. The number of nitrogens with zero attached hydrogens (tertiary/aromatic N) is 2. The van der Waals surface area contributed by atoms with E-state index >= 15 is 0 Å². The monoisotopic (exact) mass is 253 g/mol. The van der Waals surface area contributed by atoms with E-state index in [9.17, 15) is 13.2 Å². The third-order valence-corrected chi connectivity index (χ3v) is 3.20. The van der Waals surface area contributed by atoms with E-state index < -0.39 is 11.9 Å². The van der Waals surface area contributed by atoms with Crippen molar-refractivity contribution in [2.24, 2.45) is 7.05 Å². The average Bonchev–Trinajstić information content (AvgIpc) is 2.75. The molecule has 0 radical (unpaired) electrons. The van der Waals surface area contributed by atoms with Gasteiger partial charge in [-0.05, 0) is 13.0 Å². The van der Waals surface area contributed by atoms with Crippen molar-refractivity contribution in [1.29, 1.82) is 0 Å². The lowest BCUT2D eigenvalue weighted by Crippen LogP contribution is -2.13. The minimum absolute atomic E-state index is 0.0843. The third-order valence-electron chi connectivity index (χ3n) is 2.75. The molecule has 1 atom stereocenters. The molecule has 2 heterocycles. The SMILES string of the molecule is Cn1nc(C(F)(F)F)c(C2CCNC2)c1Cl. The van der Waals surface area contributed by atoms with Crippen LogP contribution in [-0.2, 0) is 13.2 Å². The Morgan fingerprint density at radius 3 is 2.69 bits per heavy atom. The van der Waals surface area contributed by atoms with Crippen LogP contribution in [0, 0.1) is 0 Å². The van der Waals surface area contributed by atoms with Crippen molar-refractivity contribution in [1.82, 2.24) is 15.1 Å². The number of aryl methyl sites for hydroxylation is 1. The normalized spacial score (nSPS) is 21.7. The molecule has 1 aliphatic heterocycles. The average molecular weight is 254 g/mol. The minimum Gasteiger partial charge on any atom is -0.316 e. The molecule has 0 aromatic carbocycles. The van der Waals surface area contributed by atoms with Crippen molar-refractivity contribution in [3.63, 3.8) is 0 Å². The van der Waals surface area contributed by atoms with E-state index in [1.54, 1.807) is 0 Å². The molecule has 3 nitrogen and oxygen atoms in total. The lowest BCUT2D eigenvalue weighted by atomic mass is 9.99. The molecule has 1 aromatic rings. The zero-order chi connectivity index (χ0) is 11.9. The molecular weight excluding hydrogens is 243 g/mol. The van der Waals surface area contributed by atoms with Crippen molar-refractivity contribution < 1.29 is 13.2 Å². The van der Waals surface area contributed by atoms with Crippen LogP contribution in [-0.4, -0.2) is 22.9 Å². The maximum Gasteiger partial charge on any atom is 0.435 e. The molecule has 2 rings (SSSR count). The highest BCUT2D eigenvalue weighted by Gasteiger charge is 2.41. The largest absolute Gasteiger partial charge is 0.435 e. The Bertz CT molecular complexity index is 393. The van der Waals surface area contributed by atoms with Crippen molar-refractivity contribution in [2.75, 3.05) is 13.1 Å². The molecule has 1 aromatic heterocycles. The van der Waals surface area contributed by atoms with Crippen LogP contribution in [0.3, 0.4) is 0 Å². The van der Waals surface area contributed by atoms with E-state index in [2.05, 4.69) is 10.4 Å². The lowest BCUT2D eigenvalue weighted by Gasteiger charge is -2.11. The Labute approximate surface area is 95.6 Å². The fourth-order valence-electron chi connectivity index (χ4n) is 1.99. The topological polar surface area (TPSA) is 29.9 Å². The predicted molar refractivity (Wildman–Crippen MR) is 53.4 cm³/mol. The van der Waals surface area contributed by atoms with Crippen molar-refractivity contribution in [3.8, 4) is 0 Å². The molecule has 0 bridgehead atoms. The summed E-state index contributed by atoms with van der Waals surface area (Å²) in [6.07, 6.45) is -3.78. The number of halogens is 4. The predicted octanol–water partition coefficient (Wildman–Crippen LogP) is 2.17. The van der Waals surface area contributed by atoms with Gasteiger partial charge in [-0.2, -0.15) is 18.3 Å². The summed E-state index contributed by atoms with van der Waals surface area (Å²) in [6, 6.07) is 0. The number of rotatable bonds is 1. The summed E-state index contributed by atoms with van der Waals surface area (Å²) >= 11 is 5.87. The molecule has 7 heteroatoms. The van der Waals surface area contributed by atoms with E-state index in [1.165, 1.54) is 7.05 Å². The minimum atomic E-state index is -4.44. The molecule has 16 heavy (non-hydrogen) atoms. The van der Waals surface area contributed by atoms with Gasteiger partial charge in [0.25, 0.3) is 0 Å². The summed E-state index contributed by atoms with van der Waals surface area (Å²) in [7, 11) is 1.42. The van der Waals surface area contributed by atoms with Crippen LogP contribution in [0.5, 0.6) is 0 Å². The summed E-state index contributed by atoms with van der Waals surface area (Å²) in [5.41, 5.74) is -0.727. The molecule has 1 saturated heterocycles. The van der Waals surface area contributed by atoms with Crippen molar-refractivity contribution in [3.05, 3.63) is 16.4 Å². The van der Waals surface area contributed by atoms with Crippen LogP contribution in [0.2, 0.25) is 5.15 Å². The van der Waals surface area contributed by atoms with E-state index in [1.807, 2.05) is 0 Å². The zero-order valence-corrected chi connectivity index (χ0v) is 9.36. The molecule has 0 spiro atoms. The highest BCUT2D eigenvalue weighted by molar-refractivity contribution is 6.30. The first-order chi connectivity index (χ1) is 7.41. The fourth-order valence-corrected chi connectivity index (χ4v) is 2.27. The van der Waals surface area contributed by atoms with Crippen LogP contribution >= 0.6 is 11.6 Å². The van der Waals surface area contributed by atoms with Gasteiger partial charge >= 0.3 is 6.18 Å². The second-order valence-corrected chi connectivity index (χ2v) is 4.22. The zero-order valence-electron chi connectivity index (χ0n) is 8.60. The van der Waals surface area contributed by atoms with Gasteiger partial charge in [0.05, 0.1) is 0 Å². The quantitative estimate of drug-likeness (QED) is 0.831. The van der Waals surface area contributed by atoms with Gasteiger partial charge in [-0.25, -0.2) is 0 Å². The van der Waals surface area contributed by atoms with E-state index in [4.69, 9.17) is 11.6 Å². The number of nitrogens with one attached hydrogen (secondary N) is 1. The molecule has 1 aliphatic rings. The van der Waals surface area contributed by atoms with Gasteiger partial charge in [0.2, 0.25) is 0 Å². The van der Waals surface area contributed by atoms with E-state index in [0.717, 1.165) is 4.68 Å². The van der Waals surface area contributed by atoms with Crippen LogP contribution < -0.4 is 5.32 Å². The standard InChI is InChI=1S/C9H11ClF3N3/c1-16-8(10)6(5-2-3-14-4-5)7(15-16)9(11,12)13/h5,14H,2-4H2,1H3. The van der Waals surface area contributed by atoms with Crippen molar-refractivity contribution >= 4 is 11.6 Å². The van der Waals surface area contributed by atoms with Gasteiger partial charge in [-0.15, -0.1) is 0 Å². The van der Waals surface area contributed by atoms with Crippen LogP contribution in [0.1, 0.15) is 23.6 Å². The highest BCUT2D eigenvalue weighted by Crippen LogP contribution is 2.39. The van der Waals surface area contributed by atoms with Gasteiger partial charge in [0.1, 0.15) is 5.15 Å². The van der Waals surface area contributed by atoms with Gasteiger partial charge in [0, 0.05) is 25.1 Å². The van der Waals surface area contributed by atoms with Crippen LogP contribution in [0.15, 0.2) is 0 Å². The summed E-state index contributed by atoms with van der Waals surface area (Å²) in [4.78, 5) is 0. The first kappa shape index (κ1) is 11.7. The van der Waals surface area contributed by atoms with Gasteiger partial charge in [-0.3, -0.25) is 4.68 Å². The molecule has 1 N–H and O–H groups in total. The maximum absolute atomic E-state index is 12.7. The number of alkyl halides is 3. The Balaban J connectivity index is 2.48. The van der Waals surface area contributed by atoms with Gasteiger partial charge < -0.3 is 5.32 Å². The summed E-state index contributed by atoms with van der Waals surface area (Å²) in [5.74, 6) is -0.196. The first-order valence-corrected chi connectivity index (χ1v) is 5.29. The van der Waals surface area contributed by atoms with Crippen LogP contribution in [0.4, 0.5) is 13.2 Å². The molecule has 0 saturated carbocycles. The molecule has 0 amide bonds. The van der Waals surface area contributed by atoms with Gasteiger partial charge in [0.15, 0.2) is 5.69 Å². The second-order valence-electron chi connectivity index (χ2n) is 3.86. The molecule has 0 aliphatic carbocycles. The summed E-state index contributed by atoms with van der Waals surface area (Å²) in [6.45, 7) is 1.24. The van der Waals surface area contributed by atoms with Crippen LogP contribution in [0.25, 0.3) is 0 Å². The first-order valence-electron chi connectivity index (χ1n) is 4.91. The molecule has 1 fully saturated rings. The lowest BCUT2D eigenvalue weighted by molar-refractivity contribution is -0.142. The maximum atomic E-state index is 12.7. The smallest absolute Gasteiger partial charge is 0.316 e. The Kier molecular flexibility index (Phi) is 2.88. The second kappa shape index (κ2) is 3.92. The molecular formula is C9H11ClF3N3. The summed E-state index contributed by atoms with van der Waals surface area (Å²) in [5, 5.41) is 6.57. The number of hydrogen-bond donors (Lipinski definition) is 1. The fraction of sp³-hybridized carbons (Fsp3) is 0.667. The van der Waals surface area contributed by atoms with Gasteiger partial charge in [-0.1, -0.05) is 11.6 Å². The van der Waals surface area contributed by atoms with E-state index in [-0.39, 0.29) is 16.6 Å². The highest BCUT2D eigenvalue weighted by atomic mass is 35.5. The van der Waals surface area contributed by atoms with E-state index in [0.29, 0.717) is 19.5 Å². The number of hydrogen-bond acceptors (Lipinski definition) is 2. The Morgan fingerprint density at radius 1 is 1.50 bits per heavy atom. The molecule has 90 valence electrons. The molecule has 1 unspecified atom stereocenters. The Hall–Kier alpha value is -0.750. The third kappa shape index (κ3) is 1.91. The Morgan fingerprint density at radius 2 is 2.19 bits per heavy atom. The number of aromatic nitrogens is 2.